The maximum Gasteiger partial charge on any atom is 0.196 e. The van der Waals surface area contributed by atoms with Crippen LogP contribution >= 0.6 is 0 Å². The van der Waals surface area contributed by atoms with Crippen molar-refractivity contribution in [2.75, 3.05) is 5.73 Å². The minimum atomic E-state index is -0.876. The third-order valence-electron chi connectivity index (χ3n) is 3.54. The van der Waals surface area contributed by atoms with Crippen LogP contribution in [0.2, 0.25) is 0 Å². The number of nitrogens with two attached hydrogens (primary N) is 1. The maximum atomic E-state index is 13.9. The molecule has 0 bridgehead atoms. The molecule has 0 aliphatic heterocycles. The molecule has 0 aliphatic rings. The van der Waals surface area contributed by atoms with Crippen molar-refractivity contribution in [1.82, 2.24) is 0 Å². The molecule has 0 saturated heterocycles. The topological polar surface area (TPSA) is 43.1 Å². The summed E-state index contributed by atoms with van der Waals surface area (Å²) in [6, 6.07) is 6.98. The molecule has 2 aromatic rings. The van der Waals surface area contributed by atoms with Gasteiger partial charge in [0.25, 0.3) is 0 Å². The zero-order valence-corrected chi connectivity index (χ0v) is 12.0. The van der Waals surface area contributed by atoms with Gasteiger partial charge in [0.1, 0.15) is 5.82 Å². The van der Waals surface area contributed by atoms with Gasteiger partial charge >= 0.3 is 0 Å². The van der Waals surface area contributed by atoms with Gasteiger partial charge in [0.15, 0.2) is 11.6 Å². The summed E-state index contributed by atoms with van der Waals surface area (Å²) in [6.07, 6.45) is 1.64. The summed E-state index contributed by atoms with van der Waals surface area (Å²) in [6.45, 7) is 4.02. The molecular formula is C17H17F2NO. The molecule has 0 heterocycles. The van der Waals surface area contributed by atoms with Crippen LogP contribution in [0, 0.1) is 11.6 Å². The molecule has 0 atom stereocenters. The van der Waals surface area contributed by atoms with Crippen molar-refractivity contribution in [3.05, 3.63) is 64.2 Å². The molecule has 0 spiro atoms. The van der Waals surface area contributed by atoms with Crippen molar-refractivity contribution >= 4 is 11.5 Å². The van der Waals surface area contributed by atoms with Crippen LogP contribution < -0.4 is 5.73 Å². The quantitative estimate of drug-likeness (QED) is 0.685. The molecule has 2 aromatic carbocycles. The summed E-state index contributed by atoms with van der Waals surface area (Å²) in [5, 5.41) is 0. The van der Waals surface area contributed by atoms with E-state index < -0.39 is 17.4 Å². The van der Waals surface area contributed by atoms with E-state index in [1.54, 1.807) is 12.1 Å². The van der Waals surface area contributed by atoms with E-state index >= 15 is 0 Å². The summed E-state index contributed by atoms with van der Waals surface area (Å²) >= 11 is 0. The smallest absolute Gasteiger partial charge is 0.196 e. The first kappa shape index (κ1) is 15.2. The fourth-order valence-corrected chi connectivity index (χ4v) is 2.37. The van der Waals surface area contributed by atoms with Gasteiger partial charge < -0.3 is 5.73 Å². The van der Waals surface area contributed by atoms with Crippen LogP contribution in [0.3, 0.4) is 0 Å². The van der Waals surface area contributed by atoms with Crippen LogP contribution in [-0.2, 0) is 12.8 Å². The normalized spacial score (nSPS) is 10.7. The van der Waals surface area contributed by atoms with Crippen molar-refractivity contribution in [1.29, 1.82) is 0 Å². The Balaban J connectivity index is 2.50. The minimum absolute atomic E-state index is 0.334. The number of anilines is 1. The number of benzene rings is 2. The van der Waals surface area contributed by atoms with E-state index in [9.17, 15) is 13.6 Å². The second-order valence-corrected chi connectivity index (χ2v) is 4.88. The van der Waals surface area contributed by atoms with Crippen LogP contribution in [0.1, 0.15) is 40.9 Å². The number of rotatable bonds is 4. The number of carbonyl (C=O) groups excluding carboxylic acids is 1. The molecular weight excluding hydrogens is 272 g/mol. The number of hydrogen-bond acceptors (Lipinski definition) is 2. The first-order chi connectivity index (χ1) is 9.97. The molecule has 2 nitrogen and oxygen atoms in total. The average Bonchev–Trinajstić information content (AvgIpc) is 2.49. The van der Waals surface area contributed by atoms with E-state index in [1.165, 1.54) is 0 Å². The Morgan fingerprint density at radius 2 is 1.71 bits per heavy atom. The summed E-state index contributed by atoms with van der Waals surface area (Å²) in [5.41, 5.74) is 7.20. The lowest BCUT2D eigenvalue weighted by Crippen LogP contribution is -2.08. The lowest BCUT2D eigenvalue weighted by molar-refractivity contribution is 0.103. The summed E-state index contributed by atoms with van der Waals surface area (Å²) in [7, 11) is 0. The molecule has 0 radical (unpaired) electrons. The summed E-state index contributed by atoms with van der Waals surface area (Å²) < 4.78 is 27.3. The van der Waals surface area contributed by atoms with Gasteiger partial charge in [0, 0.05) is 5.56 Å². The predicted molar refractivity (Wildman–Crippen MR) is 79.4 cm³/mol. The van der Waals surface area contributed by atoms with Gasteiger partial charge in [-0.2, -0.15) is 0 Å². The Morgan fingerprint density at radius 1 is 1.05 bits per heavy atom. The first-order valence-corrected chi connectivity index (χ1v) is 6.88. The molecule has 0 aromatic heterocycles. The van der Waals surface area contributed by atoms with Crippen LogP contribution in [0.15, 0.2) is 30.3 Å². The van der Waals surface area contributed by atoms with E-state index in [2.05, 4.69) is 0 Å². The minimum Gasteiger partial charge on any atom is -0.396 e. The highest BCUT2D eigenvalue weighted by Gasteiger charge is 2.18. The van der Waals surface area contributed by atoms with Gasteiger partial charge in [-0.05, 0) is 42.2 Å². The SMILES string of the molecule is CCc1ccc(C(=O)c2cc(F)cc(N)c2F)cc1CC. The predicted octanol–water partition coefficient (Wildman–Crippen LogP) is 3.90. The Bertz CT molecular complexity index is 695. The highest BCUT2D eigenvalue weighted by Crippen LogP contribution is 2.22. The Labute approximate surface area is 122 Å². The maximum absolute atomic E-state index is 13.9. The van der Waals surface area contributed by atoms with Crippen molar-refractivity contribution in [2.45, 2.75) is 26.7 Å². The molecule has 4 heteroatoms. The van der Waals surface area contributed by atoms with Crippen LogP contribution in [0.4, 0.5) is 14.5 Å². The van der Waals surface area contributed by atoms with Gasteiger partial charge in [-0.1, -0.05) is 26.0 Å². The molecule has 0 fully saturated rings. The fraction of sp³-hybridized carbons (Fsp3) is 0.235. The van der Waals surface area contributed by atoms with Gasteiger partial charge in [0.2, 0.25) is 0 Å². The van der Waals surface area contributed by atoms with E-state index in [1.807, 2.05) is 19.9 Å². The highest BCUT2D eigenvalue weighted by atomic mass is 19.1. The average molecular weight is 289 g/mol. The molecule has 21 heavy (non-hydrogen) atoms. The van der Waals surface area contributed by atoms with Crippen LogP contribution in [-0.4, -0.2) is 5.78 Å². The highest BCUT2D eigenvalue weighted by molar-refractivity contribution is 6.09. The number of carbonyl (C=O) groups is 1. The zero-order valence-electron chi connectivity index (χ0n) is 12.0. The largest absolute Gasteiger partial charge is 0.396 e. The third-order valence-corrected chi connectivity index (χ3v) is 3.54. The molecule has 110 valence electrons. The number of nitrogen functional groups attached to an aromatic ring is 1. The van der Waals surface area contributed by atoms with E-state index in [4.69, 9.17) is 5.73 Å². The summed E-state index contributed by atoms with van der Waals surface area (Å²) in [5.74, 6) is -2.16. The Kier molecular flexibility index (Phi) is 4.36. The number of hydrogen-bond donors (Lipinski definition) is 1. The molecule has 0 aliphatic carbocycles. The molecule has 0 unspecified atom stereocenters. The second-order valence-electron chi connectivity index (χ2n) is 4.88. The van der Waals surface area contributed by atoms with Crippen LogP contribution in [0.5, 0.6) is 0 Å². The monoisotopic (exact) mass is 289 g/mol. The lowest BCUT2D eigenvalue weighted by Gasteiger charge is -2.10. The molecule has 0 amide bonds. The Hall–Kier alpha value is -2.23. The number of halogens is 2. The Morgan fingerprint density at radius 3 is 2.33 bits per heavy atom. The first-order valence-electron chi connectivity index (χ1n) is 6.88. The summed E-state index contributed by atoms with van der Waals surface area (Å²) in [4.78, 5) is 12.4. The van der Waals surface area contributed by atoms with Gasteiger partial charge in [0.05, 0.1) is 11.3 Å². The second kappa shape index (κ2) is 6.04. The molecule has 2 N–H and O–H groups in total. The molecule has 0 saturated carbocycles. The zero-order chi connectivity index (χ0) is 15.6. The van der Waals surface area contributed by atoms with E-state index in [0.717, 1.165) is 36.1 Å². The van der Waals surface area contributed by atoms with E-state index in [0.29, 0.717) is 5.56 Å². The number of aryl methyl sites for hydroxylation is 2. The van der Waals surface area contributed by atoms with E-state index in [-0.39, 0.29) is 11.3 Å². The van der Waals surface area contributed by atoms with Crippen molar-refractivity contribution in [2.24, 2.45) is 0 Å². The van der Waals surface area contributed by atoms with Gasteiger partial charge in [-0.15, -0.1) is 0 Å². The lowest BCUT2D eigenvalue weighted by atomic mass is 9.95. The molecule has 2 rings (SSSR count). The van der Waals surface area contributed by atoms with Crippen molar-refractivity contribution in [3.8, 4) is 0 Å². The number of ketones is 1. The third kappa shape index (κ3) is 2.94. The van der Waals surface area contributed by atoms with Gasteiger partial charge in [-0.25, -0.2) is 8.78 Å². The van der Waals surface area contributed by atoms with Crippen molar-refractivity contribution in [3.63, 3.8) is 0 Å². The van der Waals surface area contributed by atoms with Gasteiger partial charge in [-0.3, -0.25) is 4.79 Å². The van der Waals surface area contributed by atoms with Crippen LogP contribution in [0.25, 0.3) is 0 Å². The van der Waals surface area contributed by atoms with Crippen molar-refractivity contribution < 1.29 is 13.6 Å². The standard InChI is InChI=1S/C17H17F2NO/c1-3-10-5-6-12(7-11(10)4-2)17(21)14-8-13(18)9-15(20)16(14)19/h5-9H,3-4,20H2,1-2H3. The fourth-order valence-electron chi connectivity index (χ4n) is 2.37.